The number of anilines is 1. The van der Waals surface area contributed by atoms with Gasteiger partial charge in [-0.25, -0.2) is 9.18 Å². The van der Waals surface area contributed by atoms with Gasteiger partial charge in [-0.05, 0) is 56.4 Å². The van der Waals surface area contributed by atoms with Crippen molar-refractivity contribution in [2.45, 2.75) is 38.7 Å². The highest BCUT2D eigenvalue weighted by Crippen LogP contribution is 2.30. The first-order chi connectivity index (χ1) is 11.5. The zero-order chi connectivity index (χ0) is 17.1. The lowest BCUT2D eigenvalue weighted by Gasteiger charge is -2.13. The van der Waals surface area contributed by atoms with Gasteiger partial charge in [-0.1, -0.05) is 12.1 Å². The minimum Gasteiger partial charge on any atom is -0.448 e. The first-order valence-electron chi connectivity index (χ1n) is 7.92. The van der Waals surface area contributed by atoms with Crippen molar-refractivity contribution in [1.82, 2.24) is 0 Å². The topological polar surface area (TPSA) is 55.4 Å². The highest BCUT2D eigenvalue weighted by atomic mass is 32.1. The molecule has 0 saturated carbocycles. The number of ether oxygens (including phenoxy) is 1. The Morgan fingerprint density at radius 3 is 2.75 bits per heavy atom. The van der Waals surface area contributed by atoms with Crippen LogP contribution < -0.4 is 5.32 Å². The molecule has 1 heterocycles. The Balaban J connectivity index is 1.62. The van der Waals surface area contributed by atoms with E-state index in [-0.39, 0.29) is 5.69 Å². The van der Waals surface area contributed by atoms with Gasteiger partial charge in [-0.15, -0.1) is 11.3 Å². The number of halogens is 1. The lowest BCUT2D eigenvalue weighted by molar-refractivity contribution is -0.123. The molecular weight excluding hydrogens is 329 g/mol. The second-order valence-corrected chi connectivity index (χ2v) is 6.92. The van der Waals surface area contributed by atoms with Crippen LogP contribution in [0.4, 0.5) is 10.1 Å². The third-order valence-electron chi connectivity index (χ3n) is 3.98. The molecule has 126 valence electrons. The second kappa shape index (κ2) is 7.13. The van der Waals surface area contributed by atoms with Crippen molar-refractivity contribution in [3.8, 4) is 0 Å². The van der Waals surface area contributed by atoms with E-state index in [0.29, 0.717) is 4.88 Å². The molecule has 0 saturated heterocycles. The van der Waals surface area contributed by atoms with Crippen molar-refractivity contribution < 1.29 is 18.7 Å². The van der Waals surface area contributed by atoms with Crippen LogP contribution in [-0.4, -0.2) is 18.0 Å². The number of esters is 1. The SMILES string of the molecule is C[C@@H](OC(=O)c1cc2c(s1)CCCC2)C(=O)Nc1ccccc1F. The summed E-state index contributed by atoms with van der Waals surface area (Å²) in [5.41, 5.74) is 1.28. The molecule has 1 atom stereocenters. The molecule has 1 amide bonds. The molecule has 1 aliphatic carbocycles. The summed E-state index contributed by atoms with van der Waals surface area (Å²) < 4.78 is 18.8. The molecule has 1 aliphatic rings. The van der Waals surface area contributed by atoms with Crippen LogP contribution in [-0.2, 0) is 22.4 Å². The molecule has 0 radical (unpaired) electrons. The van der Waals surface area contributed by atoms with E-state index in [9.17, 15) is 14.0 Å². The fourth-order valence-corrected chi connectivity index (χ4v) is 3.80. The monoisotopic (exact) mass is 347 g/mol. The number of carbonyl (C=O) groups is 2. The van der Waals surface area contributed by atoms with E-state index in [0.717, 1.165) is 25.7 Å². The zero-order valence-corrected chi connectivity index (χ0v) is 14.1. The predicted molar refractivity (Wildman–Crippen MR) is 90.9 cm³/mol. The van der Waals surface area contributed by atoms with E-state index >= 15 is 0 Å². The lowest BCUT2D eigenvalue weighted by Crippen LogP contribution is -2.30. The maximum atomic E-state index is 13.6. The first kappa shape index (κ1) is 16.6. The first-order valence-corrected chi connectivity index (χ1v) is 8.74. The molecule has 6 heteroatoms. The van der Waals surface area contributed by atoms with Gasteiger partial charge in [0.05, 0.1) is 5.69 Å². The van der Waals surface area contributed by atoms with Crippen molar-refractivity contribution in [2.75, 3.05) is 5.32 Å². The summed E-state index contributed by atoms with van der Waals surface area (Å²) in [7, 11) is 0. The number of hydrogen-bond acceptors (Lipinski definition) is 4. The summed E-state index contributed by atoms with van der Waals surface area (Å²) in [6.45, 7) is 1.47. The Morgan fingerprint density at radius 1 is 1.25 bits per heavy atom. The van der Waals surface area contributed by atoms with Gasteiger partial charge in [0, 0.05) is 4.88 Å². The Morgan fingerprint density at radius 2 is 2.00 bits per heavy atom. The molecular formula is C18H18FNO3S. The minimum atomic E-state index is -1.00. The van der Waals surface area contributed by atoms with Crippen molar-refractivity contribution in [2.24, 2.45) is 0 Å². The second-order valence-electron chi connectivity index (χ2n) is 5.78. The van der Waals surface area contributed by atoms with Crippen LogP contribution in [0.3, 0.4) is 0 Å². The van der Waals surface area contributed by atoms with Crippen LogP contribution in [0.2, 0.25) is 0 Å². The van der Waals surface area contributed by atoms with Crippen LogP contribution in [0.25, 0.3) is 0 Å². The number of nitrogens with one attached hydrogen (secondary N) is 1. The van der Waals surface area contributed by atoms with Crippen molar-refractivity contribution >= 4 is 28.9 Å². The number of hydrogen-bond donors (Lipinski definition) is 1. The summed E-state index contributed by atoms with van der Waals surface area (Å²) in [6.07, 6.45) is 3.26. The van der Waals surface area contributed by atoms with Gasteiger partial charge in [0.2, 0.25) is 0 Å². The van der Waals surface area contributed by atoms with Crippen LogP contribution >= 0.6 is 11.3 Å². The maximum Gasteiger partial charge on any atom is 0.349 e. The quantitative estimate of drug-likeness (QED) is 0.852. The molecule has 1 aromatic carbocycles. The molecule has 1 aromatic heterocycles. The van der Waals surface area contributed by atoms with E-state index in [4.69, 9.17) is 4.74 Å². The van der Waals surface area contributed by atoms with E-state index in [1.54, 1.807) is 6.07 Å². The van der Waals surface area contributed by atoms with Gasteiger partial charge in [-0.2, -0.15) is 0 Å². The summed E-state index contributed by atoms with van der Waals surface area (Å²) in [5.74, 6) is -1.60. The van der Waals surface area contributed by atoms with Crippen LogP contribution in [0.1, 0.15) is 39.9 Å². The molecule has 4 nitrogen and oxygen atoms in total. The van der Waals surface area contributed by atoms with E-state index in [2.05, 4.69) is 5.32 Å². The molecule has 1 N–H and O–H groups in total. The molecule has 0 spiro atoms. The highest BCUT2D eigenvalue weighted by molar-refractivity contribution is 7.14. The molecule has 2 aromatic rings. The van der Waals surface area contributed by atoms with E-state index in [1.807, 2.05) is 6.07 Å². The molecule has 3 rings (SSSR count). The number of fused-ring (bicyclic) bond motifs is 1. The van der Waals surface area contributed by atoms with Gasteiger partial charge in [0.25, 0.3) is 5.91 Å². The average molecular weight is 347 g/mol. The number of aryl methyl sites for hydroxylation is 2. The Kier molecular flexibility index (Phi) is 4.94. The molecule has 0 fully saturated rings. The Bertz CT molecular complexity index is 748. The summed E-state index contributed by atoms with van der Waals surface area (Å²) in [6, 6.07) is 7.72. The molecule has 24 heavy (non-hydrogen) atoms. The fourth-order valence-electron chi connectivity index (χ4n) is 2.66. The van der Waals surface area contributed by atoms with Gasteiger partial charge < -0.3 is 10.1 Å². The smallest absolute Gasteiger partial charge is 0.349 e. The predicted octanol–water partition coefficient (Wildman–Crippen LogP) is 3.95. The number of benzene rings is 1. The summed E-state index contributed by atoms with van der Waals surface area (Å²) in [4.78, 5) is 26.1. The highest BCUT2D eigenvalue weighted by Gasteiger charge is 2.23. The standard InChI is InChI=1S/C18H18FNO3S/c1-11(17(21)20-14-8-4-3-7-13(14)19)23-18(22)16-10-12-6-2-5-9-15(12)24-16/h3-4,7-8,10-11H,2,5-6,9H2,1H3,(H,20,21)/t11-/m1/s1. The van der Waals surface area contributed by atoms with E-state index in [1.165, 1.54) is 46.9 Å². The number of amides is 1. The van der Waals surface area contributed by atoms with Gasteiger partial charge in [0.1, 0.15) is 10.7 Å². The number of para-hydroxylation sites is 1. The van der Waals surface area contributed by atoms with Gasteiger partial charge >= 0.3 is 5.97 Å². The fraction of sp³-hybridized carbons (Fsp3) is 0.333. The van der Waals surface area contributed by atoms with Crippen molar-refractivity contribution in [3.05, 3.63) is 51.5 Å². The van der Waals surface area contributed by atoms with Crippen LogP contribution in [0.15, 0.2) is 30.3 Å². The minimum absolute atomic E-state index is 0.0667. The van der Waals surface area contributed by atoms with Gasteiger partial charge in [0.15, 0.2) is 6.10 Å². The number of thiophene rings is 1. The lowest BCUT2D eigenvalue weighted by atomic mass is 9.99. The maximum absolute atomic E-state index is 13.6. The number of rotatable bonds is 4. The average Bonchev–Trinajstić information content (AvgIpc) is 3.01. The number of carbonyl (C=O) groups excluding carboxylic acids is 2. The third kappa shape index (κ3) is 3.64. The van der Waals surface area contributed by atoms with Crippen LogP contribution in [0, 0.1) is 5.82 Å². The zero-order valence-electron chi connectivity index (χ0n) is 13.3. The summed E-state index contributed by atoms with van der Waals surface area (Å²) in [5, 5.41) is 2.43. The third-order valence-corrected chi connectivity index (χ3v) is 5.20. The van der Waals surface area contributed by atoms with Crippen molar-refractivity contribution in [1.29, 1.82) is 0 Å². The Labute approximate surface area is 143 Å². The largest absolute Gasteiger partial charge is 0.448 e. The molecule has 0 aliphatic heterocycles. The summed E-state index contributed by atoms with van der Waals surface area (Å²) >= 11 is 1.44. The van der Waals surface area contributed by atoms with Crippen LogP contribution in [0.5, 0.6) is 0 Å². The molecule has 0 unspecified atom stereocenters. The van der Waals surface area contributed by atoms with Gasteiger partial charge in [-0.3, -0.25) is 4.79 Å². The molecule has 0 bridgehead atoms. The normalized spacial score (nSPS) is 14.6. The van der Waals surface area contributed by atoms with Crippen molar-refractivity contribution in [3.63, 3.8) is 0 Å². The van der Waals surface area contributed by atoms with E-state index < -0.39 is 23.8 Å². The Hall–Kier alpha value is -2.21.